The molecule has 154 valence electrons. The van der Waals surface area contributed by atoms with Crippen LogP contribution in [0.2, 0.25) is 0 Å². The Labute approximate surface area is 173 Å². The summed E-state index contributed by atoms with van der Waals surface area (Å²) < 4.78 is 0. The van der Waals surface area contributed by atoms with Gasteiger partial charge in [0.05, 0.1) is 0 Å². The van der Waals surface area contributed by atoms with Crippen molar-refractivity contribution >= 4 is 0 Å². The van der Waals surface area contributed by atoms with E-state index in [4.69, 9.17) is 0 Å². The van der Waals surface area contributed by atoms with Crippen LogP contribution in [0.3, 0.4) is 0 Å². The van der Waals surface area contributed by atoms with Crippen LogP contribution < -0.4 is 0 Å². The molecular formula is C28H42. The predicted molar refractivity (Wildman–Crippen MR) is 120 cm³/mol. The highest BCUT2D eigenvalue weighted by Gasteiger charge is 2.71. The molecule has 3 saturated carbocycles. The van der Waals surface area contributed by atoms with Gasteiger partial charge in [-0.15, -0.1) is 0 Å². The van der Waals surface area contributed by atoms with Crippen molar-refractivity contribution in [3.63, 3.8) is 0 Å². The van der Waals surface area contributed by atoms with Crippen molar-refractivity contribution in [2.24, 2.45) is 51.8 Å². The number of allylic oxidation sites excluding steroid dienone is 6. The van der Waals surface area contributed by atoms with Gasteiger partial charge in [0, 0.05) is 0 Å². The molecule has 1 spiro atoms. The van der Waals surface area contributed by atoms with E-state index < -0.39 is 0 Å². The number of rotatable bonds is 4. The van der Waals surface area contributed by atoms with Crippen molar-refractivity contribution in [1.29, 1.82) is 0 Å². The van der Waals surface area contributed by atoms with Gasteiger partial charge in [-0.25, -0.2) is 0 Å². The third-order valence-corrected chi connectivity index (χ3v) is 10.9. The van der Waals surface area contributed by atoms with Crippen molar-refractivity contribution in [2.75, 3.05) is 0 Å². The third-order valence-electron chi connectivity index (χ3n) is 10.9. The first kappa shape index (κ1) is 19.2. The summed E-state index contributed by atoms with van der Waals surface area (Å²) in [6, 6.07) is 0. The lowest BCUT2D eigenvalue weighted by molar-refractivity contribution is 0.0893. The molecule has 0 nitrogen and oxygen atoms in total. The van der Waals surface area contributed by atoms with Crippen molar-refractivity contribution in [3.05, 3.63) is 35.5 Å². The minimum absolute atomic E-state index is 0.448. The van der Waals surface area contributed by atoms with Crippen LogP contribution in [0.15, 0.2) is 35.5 Å². The van der Waals surface area contributed by atoms with Crippen LogP contribution in [-0.2, 0) is 0 Å². The van der Waals surface area contributed by atoms with Crippen molar-refractivity contribution < 1.29 is 0 Å². The van der Waals surface area contributed by atoms with Gasteiger partial charge in [0.1, 0.15) is 0 Å². The Morgan fingerprint density at radius 2 is 1.79 bits per heavy atom. The van der Waals surface area contributed by atoms with E-state index >= 15 is 0 Å². The molecule has 0 aliphatic heterocycles. The van der Waals surface area contributed by atoms with Crippen LogP contribution in [0, 0.1) is 51.8 Å². The Hall–Kier alpha value is -0.780. The summed E-state index contributed by atoms with van der Waals surface area (Å²) >= 11 is 0. The van der Waals surface area contributed by atoms with E-state index in [0.29, 0.717) is 28.1 Å². The summed E-state index contributed by atoms with van der Waals surface area (Å²) in [7, 11) is 0. The lowest BCUT2D eigenvalue weighted by atomic mass is 9.53. The summed E-state index contributed by atoms with van der Waals surface area (Å²) in [4.78, 5) is 0. The zero-order valence-corrected chi connectivity index (χ0v) is 19.2. The maximum absolute atomic E-state index is 2.70. The first-order valence-corrected chi connectivity index (χ1v) is 12.3. The first-order valence-electron chi connectivity index (χ1n) is 12.3. The zero-order chi connectivity index (χ0) is 19.9. The molecule has 5 aliphatic rings. The van der Waals surface area contributed by atoms with Gasteiger partial charge >= 0.3 is 0 Å². The Kier molecular flexibility index (Phi) is 4.19. The number of hydrogen-bond donors (Lipinski definition) is 0. The molecule has 0 aromatic rings. The van der Waals surface area contributed by atoms with E-state index in [1.807, 2.05) is 11.1 Å². The number of fused-ring (bicyclic) bond motifs is 3. The van der Waals surface area contributed by atoms with Gasteiger partial charge in [0.15, 0.2) is 0 Å². The maximum atomic E-state index is 2.70. The minimum Gasteiger partial charge on any atom is -0.0852 e. The largest absolute Gasteiger partial charge is 0.0852 e. The molecular weight excluding hydrogens is 336 g/mol. The molecule has 28 heavy (non-hydrogen) atoms. The molecule has 8 atom stereocenters. The predicted octanol–water partition coefficient (Wildman–Crippen LogP) is 7.97. The minimum atomic E-state index is 0.448. The average molecular weight is 379 g/mol. The topological polar surface area (TPSA) is 0 Å². The van der Waals surface area contributed by atoms with E-state index in [-0.39, 0.29) is 0 Å². The normalized spacial score (nSPS) is 48.5. The second-order valence-electron chi connectivity index (χ2n) is 12.2. The second kappa shape index (κ2) is 6.12. The summed E-state index contributed by atoms with van der Waals surface area (Å²) in [5.74, 6) is 4.86. The van der Waals surface area contributed by atoms with E-state index in [1.165, 1.54) is 44.9 Å². The van der Waals surface area contributed by atoms with E-state index in [2.05, 4.69) is 65.8 Å². The summed E-state index contributed by atoms with van der Waals surface area (Å²) in [6.07, 6.45) is 20.5. The maximum Gasteiger partial charge on any atom is -0.00239 e. The van der Waals surface area contributed by atoms with Crippen LogP contribution in [0.5, 0.6) is 0 Å². The van der Waals surface area contributed by atoms with Gasteiger partial charge in [0.25, 0.3) is 0 Å². The quantitative estimate of drug-likeness (QED) is 0.435. The molecule has 5 rings (SSSR count). The lowest BCUT2D eigenvalue weighted by Gasteiger charge is -2.51. The summed E-state index contributed by atoms with van der Waals surface area (Å²) in [5, 5.41) is 0. The van der Waals surface area contributed by atoms with Crippen LogP contribution in [0.25, 0.3) is 0 Å². The molecule has 0 saturated heterocycles. The van der Waals surface area contributed by atoms with E-state index in [0.717, 1.165) is 23.7 Å². The monoisotopic (exact) mass is 378 g/mol. The zero-order valence-electron chi connectivity index (χ0n) is 19.2. The fourth-order valence-corrected chi connectivity index (χ4v) is 8.42. The van der Waals surface area contributed by atoms with Crippen LogP contribution >= 0.6 is 0 Å². The molecule has 0 aromatic heterocycles. The molecule has 0 bridgehead atoms. The average Bonchev–Trinajstić information content (AvgIpc) is 3.14. The first-order chi connectivity index (χ1) is 13.2. The van der Waals surface area contributed by atoms with Crippen molar-refractivity contribution in [2.45, 2.75) is 86.5 Å². The van der Waals surface area contributed by atoms with Gasteiger partial charge in [-0.05, 0) is 102 Å². The standard InChI is InChI=1S/C28H42/c1-18(2)19(3)7-8-20(4)23-9-10-24-22-12-16-28-17-21(28)11-15-27(28,6)25(22)13-14-26(23,24)5/h7-8,12,16,18-21,23,25H,9-11,13-15,17H2,1-6H3. The molecule has 5 aliphatic carbocycles. The molecule has 8 unspecified atom stereocenters. The van der Waals surface area contributed by atoms with Gasteiger partial charge < -0.3 is 0 Å². The molecule has 0 radical (unpaired) electrons. The second-order valence-corrected chi connectivity index (χ2v) is 12.2. The van der Waals surface area contributed by atoms with Crippen LogP contribution in [0.1, 0.15) is 86.5 Å². The highest BCUT2D eigenvalue weighted by Crippen LogP contribution is 2.79. The van der Waals surface area contributed by atoms with Gasteiger partial charge in [-0.3, -0.25) is 0 Å². The lowest BCUT2D eigenvalue weighted by Crippen LogP contribution is -2.42. The van der Waals surface area contributed by atoms with Crippen molar-refractivity contribution in [1.82, 2.24) is 0 Å². The SMILES string of the molecule is CC(C)C(C)C=CC(C)C1CCC2=C3C=CC45CC4CCC5(C)C3CCC21C. The summed E-state index contributed by atoms with van der Waals surface area (Å²) in [5.41, 5.74) is 5.32. The fraction of sp³-hybridized carbons (Fsp3) is 0.786. The van der Waals surface area contributed by atoms with Gasteiger partial charge in [-0.2, -0.15) is 0 Å². The van der Waals surface area contributed by atoms with Crippen LogP contribution in [0.4, 0.5) is 0 Å². The Morgan fingerprint density at radius 1 is 1.00 bits per heavy atom. The molecule has 0 heterocycles. The molecule has 0 aromatic carbocycles. The highest BCUT2D eigenvalue weighted by molar-refractivity contribution is 5.46. The molecule has 0 N–H and O–H groups in total. The Bertz CT molecular complexity index is 750. The fourth-order valence-electron chi connectivity index (χ4n) is 8.42. The smallest absolute Gasteiger partial charge is 0.00239 e. The highest BCUT2D eigenvalue weighted by atomic mass is 14.7. The molecule has 0 amide bonds. The molecule has 3 fully saturated rings. The summed E-state index contributed by atoms with van der Waals surface area (Å²) in [6.45, 7) is 14.9. The molecule has 0 heteroatoms. The van der Waals surface area contributed by atoms with E-state index in [1.54, 1.807) is 0 Å². The van der Waals surface area contributed by atoms with Gasteiger partial charge in [0.2, 0.25) is 0 Å². The Morgan fingerprint density at radius 3 is 2.50 bits per heavy atom. The third kappa shape index (κ3) is 2.36. The van der Waals surface area contributed by atoms with Crippen LogP contribution in [-0.4, -0.2) is 0 Å². The Balaban J connectivity index is 1.45. The number of hydrogen-bond acceptors (Lipinski definition) is 0. The van der Waals surface area contributed by atoms with E-state index in [9.17, 15) is 0 Å². The van der Waals surface area contributed by atoms with Crippen molar-refractivity contribution in [3.8, 4) is 0 Å². The van der Waals surface area contributed by atoms with Gasteiger partial charge in [-0.1, -0.05) is 71.4 Å².